The Morgan fingerprint density at radius 1 is 1.14 bits per heavy atom. The molecule has 2 aromatic heterocycles. The van der Waals surface area contributed by atoms with Crippen LogP contribution in [0.4, 0.5) is 18.9 Å². The number of anilines is 1. The van der Waals surface area contributed by atoms with Crippen molar-refractivity contribution in [3.8, 4) is 23.3 Å². The number of fused-ring (bicyclic) bond motifs is 1. The lowest BCUT2D eigenvalue weighted by molar-refractivity contribution is -0.138. The van der Waals surface area contributed by atoms with Crippen molar-refractivity contribution in [3.63, 3.8) is 0 Å². The summed E-state index contributed by atoms with van der Waals surface area (Å²) in [6, 6.07) is 6.53. The van der Waals surface area contributed by atoms with Crippen LogP contribution in [-0.4, -0.2) is 80.0 Å². The first-order valence-electron chi connectivity index (χ1n) is 13.2. The lowest BCUT2D eigenvalue weighted by atomic mass is 9.98. The molecule has 0 bridgehead atoms. The van der Waals surface area contributed by atoms with Crippen LogP contribution in [-0.2, 0) is 12.7 Å². The van der Waals surface area contributed by atoms with Gasteiger partial charge in [-0.05, 0) is 61.4 Å². The minimum absolute atomic E-state index is 0.0147. The van der Waals surface area contributed by atoms with Gasteiger partial charge in [-0.15, -0.1) is 0 Å². The number of piperazine rings is 1. The number of likely N-dealkylation sites (N-methyl/N-ethyl adjacent to an activating group) is 1. The van der Waals surface area contributed by atoms with Crippen molar-refractivity contribution in [1.82, 2.24) is 24.4 Å². The number of amides is 1. The van der Waals surface area contributed by atoms with Gasteiger partial charge >= 0.3 is 6.18 Å². The van der Waals surface area contributed by atoms with Crippen LogP contribution in [0, 0.1) is 18.8 Å². The highest BCUT2D eigenvalue weighted by Gasteiger charge is 2.36. The maximum absolute atomic E-state index is 14.2. The molecule has 1 aliphatic heterocycles. The quantitative estimate of drug-likeness (QED) is 0.237. The molecule has 0 aliphatic carbocycles. The fraction of sp³-hybridized carbons (Fsp3) is 0.267. The Labute approximate surface area is 244 Å². The van der Waals surface area contributed by atoms with Crippen molar-refractivity contribution in [2.75, 3.05) is 38.5 Å². The standard InChI is InChI=1S/C30H27F3N6O4/c1-18-12-25(41)27(28(42)22(18)6-5-21-15-34-26-4-3-7-35-39(21)26)29(43)36-20-13-19(17-40)23(24(14-20)30(31,32)33)16-38-10-8-37(2)9-11-38/h3-4,7,12-15,17,41-42H,8-11,16H2,1-2H3,(H,36,43). The molecule has 2 aromatic carbocycles. The normalized spacial score (nSPS) is 14.3. The van der Waals surface area contributed by atoms with Crippen LogP contribution in [0.1, 0.15) is 48.7 Å². The van der Waals surface area contributed by atoms with Gasteiger partial charge in [0.15, 0.2) is 5.65 Å². The summed E-state index contributed by atoms with van der Waals surface area (Å²) in [5, 5.41) is 27.9. The number of aldehydes is 1. The van der Waals surface area contributed by atoms with Crippen LogP contribution in [0.15, 0.2) is 42.7 Å². The van der Waals surface area contributed by atoms with Gasteiger partial charge in [0.1, 0.15) is 29.0 Å². The smallest absolute Gasteiger partial charge is 0.416 e. The molecular formula is C30H27F3N6O4. The van der Waals surface area contributed by atoms with Crippen molar-refractivity contribution in [2.24, 2.45) is 0 Å². The van der Waals surface area contributed by atoms with Gasteiger partial charge in [0.2, 0.25) is 0 Å². The molecule has 1 saturated heterocycles. The van der Waals surface area contributed by atoms with E-state index in [-0.39, 0.29) is 28.9 Å². The van der Waals surface area contributed by atoms with Gasteiger partial charge in [0.25, 0.3) is 5.91 Å². The summed E-state index contributed by atoms with van der Waals surface area (Å²) in [5.41, 5.74) is -1.10. The molecule has 0 saturated carbocycles. The summed E-state index contributed by atoms with van der Waals surface area (Å²) < 4.78 is 44.0. The molecule has 0 atom stereocenters. The molecule has 0 radical (unpaired) electrons. The van der Waals surface area contributed by atoms with Crippen LogP contribution in [0.25, 0.3) is 5.65 Å². The van der Waals surface area contributed by atoms with E-state index in [1.807, 2.05) is 11.9 Å². The van der Waals surface area contributed by atoms with E-state index in [1.54, 1.807) is 25.3 Å². The predicted octanol–water partition coefficient (Wildman–Crippen LogP) is 3.68. The molecule has 3 heterocycles. The fourth-order valence-electron chi connectivity index (χ4n) is 4.93. The van der Waals surface area contributed by atoms with Gasteiger partial charge < -0.3 is 20.4 Å². The second-order valence-corrected chi connectivity index (χ2v) is 10.2. The topological polar surface area (TPSA) is 123 Å². The first-order chi connectivity index (χ1) is 20.5. The Bertz CT molecular complexity index is 1780. The number of imidazole rings is 1. The van der Waals surface area contributed by atoms with Crippen LogP contribution in [0.3, 0.4) is 0 Å². The van der Waals surface area contributed by atoms with E-state index in [1.165, 1.54) is 16.8 Å². The van der Waals surface area contributed by atoms with Crippen molar-refractivity contribution in [1.29, 1.82) is 0 Å². The Balaban J connectivity index is 1.48. The Hall–Kier alpha value is -4.93. The third-order valence-corrected chi connectivity index (χ3v) is 7.25. The maximum Gasteiger partial charge on any atom is 0.416 e. The fourth-order valence-corrected chi connectivity index (χ4v) is 4.93. The van der Waals surface area contributed by atoms with E-state index >= 15 is 0 Å². The van der Waals surface area contributed by atoms with Gasteiger partial charge in [0.05, 0.1) is 17.3 Å². The van der Waals surface area contributed by atoms with Crippen LogP contribution < -0.4 is 5.32 Å². The highest BCUT2D eigenvalue weighted by atomic mass is 19.4. The number of hydrogen-bond acceptors (Lipinski definition) is 8. The van der Waals surface area contributed by atoms with Crippen LogP contribution >= 0.6 is 0 Å². The van der Waals surface area contributed by atoms with E-state index in [9.17, 15) is 33.0 Å². The summed E-state index contributed by atoms with van der Waals surface area (Å²) in [6.45, 7) is 3.90. The van der Waals surface area contributed by atoms with Crippen LogP contribution in [0.2, 0.25) is 0 Å². The molecule has 1 fully saturated rings. The van der Waals surface area contributed by atoms with Crippen LogP contribution in [0.5, 0.6) is 11.5 Å². The zero-order valence-electron chi connectivity index (χ0n) is 23.2. The molecule has 1 aliphatic rings. The molecular weight excluding hydrogens is 565 g/mol. The van der Waals surface area contributed by atoms with E-state index in [0.717, 1.165) is 12.1 Å². The molecule has 10 nitrogen and oxygen atoms in total. The number of phenolic OH excluding ortho intramolecular Hbond substituents is 2. The van der Waals surface area contributed by atoms with Crippen molar-refractivity contribution in [2.45, 2.75) is 19.6 Å². The van der Waals surface area contributed by atoms with Crippen molar-refractivity contribution >= 4 is 23.5 Å². The second kappa shape index (κ2) is 11.7. The number of carbonyl (C=O) groups is 2. The van der Waals surface area contributed by atoms with E-state index < -0.39 is 34.7 Å². The number of alkyl halides is 3. The van der Waals surface area contributed by atoms with Crippen molar-refractivity contribution in [3.05, 3.63) is 81.8 Å². The molecule has 0 unspecified atom stereocenters. The maximum atomic E-state index is 14.2. The number of halogens is 3. The zero-order valence-corrected chi connectivity index (χ0v) is 23.2. The number of nitrogens with zero attached hydrogens (tertiary/aromatic N) is 5. The number of aromatic hydroxyl groups is 2. The summed E-state index contributed by atoms with van der Waals surface area (Å²) in [6.07, 6.45) is -1.47. The number of rotatable bonds is 5. The molecule has 43 heavy (non-hydrogen) atoms. The van der Waals surface area contributed by atoms with Gasteiger partial charge in [0, 0.05) is 50.2 Å². The number of aromatic nitrogens is 3. The molecule has 4 aromatic rings. The van der Waals surface area contributed by atoms with E-state index in [2.05, 4.69) is 32.1 Å². The SMILES string of the molecule is Cc1cc(O)c(C(=O)Nc2cc(C=O)c(CN3CCN(C)CC3)c(C(F)(F)F)c2)c(O)c1C#Cc1cnc2cccnn12. The average Bonchev–Trinajstić information content (AvgIpc) is 3.37. The molecule has 1 amide bonds. The van der Waals surface area contributed by atoms with Crippen molar-refractivity contribution < 1.29 is 33.0 Å². The number of hydrogen-bond donors (Lipinski definition) is 3. The monoisotopic (exact) mass is 592 g/mol. The van der Waals surface area contributed by atoms with Gasteiger partial charge in [-0.2, -0.15) is 18.3 Å². The lowest BCUT2D eigenvalue weighted by Crippen LogP contribution is -2.44. The number of aryl methyl sites for hydroxylation is 1. The number of nitrogens with one attached hydrogen (secondary N) is 1. The first-order valence-corrected chi connectivity index (χ1v) is 13.2. The molecule has 0 spiro atoms. The largest absolute Gasteiger partial charge is 0.507 e. The third kappa shape index (κ3) is 6.15. The number of benzene rings is 2. The Morgan fingerprint density at radius 3 is 2.58 bits per heavy atom. The molecule has 222 valence electrons. The minimum Gasteiger partial charge on any atom is -0.507 e. The minimum atomic E-state index is -4.82. The number of carbonyl (C=O) groups excluding carboxylic acids is 2. The summed E-state index contributed by atoms with van der Waals surface area (Å²) in [7, 11) is 1.92. The van der Waals surface area contributed by atoms with E-state index in [0.29, 0.717) is 49.4 Å². The van der Waals surface area contributed by atoms with Gasteiger partial charge in [-0.3, -0.25) is 14.5 Å². The highest BCUT2D eigenvalue weighted by Crippen LogP contribution is 2.38. The van der Waals surface area contributed by atoms with E-state index in [4.69, 9.17) is 0 Å². The van der Waals surface area contributed by atoms with Gasteiger partial charge in [-0.1, -0.05) is 5.92 Å². The third-order valence-electron chi connectivity index (χ3n) is 7.25. The predicted molar refractivity (Wildman–Crippen MR) is 151 cm³/mol. The summed E-state index contributed by atoms with van der Waals surface area (Å²) in [5.74, 6) is 3.23. The first kappa shape index (κ1) is 29.6. The molecule has 13 heteroatoms. The number of phenols is 2. The van der Waals surface area contributed by atoms with Gasteiger partial charge in [-0.25, -0.2) is 9.50 Å². The Kier molecular flexibility index (Phi) is 8.08. The Morgan fingerprint density at radius 2 is 1.88 bits per heavy atom. The summed E-state index contributed by atoms with van der Waals surface area (Å²) >= 11 is 0. The highest BCUT2D eigenvalue weighted by molar-refractivity contribution is 6.09. The zero-order chi connectivity index (χ0) is 30.9. The lowest BCUT2D eigenvalue weighted by Gasteiger charge is -2.33. The summed E-state index contributed by atoms with van der Waals surface area (Å²) in [4.78, 5) is 33.3. The molecule has 5 rings (SSSR count). The molecule has 3 N–H and O–H groups in total. The second-order valence-electron chi connectivity index (χ2n) is 10.2. The average molecular weight is 593 g/mol.